The first kappa shape index (κ1) is 24.3. The van der Waals surface area contributed by atoms with Gasteiger partial charge in [-0.2, -0.15) is 0 Å². The van der Waals surface area contributed by atoms with E-state index in [-0.39, 0.29) is 30.0 Å². The highest BCUT2D eigenvalue weighted by Gasteiger charge is 2.40. The van der Waals surface area contributed by atoms with Crippen molar-refractivity contribution in [3.8, 4) is 5.75 Å². The molecule has 2 atom stereocenters. The van der Waals surface area contributed by atoms with Gasteiger partial charge in [-0.25, -0.2) is 14.8 Å². The number of carbonyl (C=O) groups is 2. The number of anilines is 3. The zero-order valence-electron chi connectivity index (χ0n) is 20.4. The Balaban J connectivity index is 1.24. The highest BCUT2D eigenvalue weighted by Crippen LogP contribution is 2.39. The minimum absolute atomic E-state index is 0.0342. The molecule has 2 fully saturated rings. The Kier molecular flexibility index (Phi) is 7.47. The molecule has 2 unspecified atom stereocenters. The summed E-state index contributed by atoms with van der Waals surface area (Å²) in [5, 5.41) is 5.64. The molecule has 0 saturated carbocycles. The molecule has 0 aliphatic carbocycles. The van der Waals surface area contributed by atoms with E-state index in [1.807, 2.05) is 13.0 Å². The Bertz CT molecular complexity index is 1090. The van der Waals surface area contributed by atoms with E-state index >= 15 is 0 Å². The van der Waals surface area contributed by atoms with Gasteiger partial charge in [-0.15, -0.1) is 0 Å². The Morgan fingerprint density at radius 2 is 2.11 bits per heavy atom. The molecule has 3 aliphatic heterocycles. The maximum absolute atomic E-state index is 13.4. The van der Waals surface area contributed by atoms with Crippen molar-refractivity contribution in [3.63, 3.8) is 0 Å². The fourth-order valence-electron chi connectivity index (χ4n) is 4.77. The second kappa shape index (κ2) is 11.1. The van der Waals surface area contributed by atoms with Gasteiger partial charge in [0.05, 0.1) is 18.3 Å². The van der Waals surface area contributed by atoms with Crippen molar-refractivity contribution in [2.24, 2.45) is 0 Å². The van der Waals surface area contributed by atoms with Gasteiger partial charge in [0.25, 0.3) is 5.91 Å². The third-order valence-electron chi connectivity index (χ3n) is 6.50. The Morgan fingerprint density at radius 3 is 2.94 bits per heavy atom. The highest BCUT2D eigenvalue weighted by molar-refractivity contribution is 6.05. The molecule has 11 heteroatoms. The topological polar surface area (TPSA) is 118 Å². The highest BCUT2D eigenvalue weighted by atomic mass is 16.7. The Labute approximate surface area is 210 Å². The van der Waals surface area contributed by atoms with Crippen molar-refractivity contribution >= 4 is 29.3 Å². The fraction of sp³-hybridized carbons (Fsp3) is 0.520. The zero-order valence-corrected chi connectivity index (χ0v) is 20.4. The molecule has 2 aromatic heterocycles. The molecule has 3 aliphatic rings. The lowest BCUT2D eigenvalue weighted by Gasteiger charge is -2.35. The van der Waals surface area contributed by atoms with Gasteiger partial charge in [-0.1, -0.05) is 0 Å². The van der Waals surface area contributed by atoms with E-state index < -0.39 is 0 Å². The van der Waals surface area contributed by atoms with Gasteiger partial charge in [0.15, 0.2) is 12.1 Å². The lowest BCUT2D eigenvalue weighted by Crippen LogP contribution is -2.48. The summed E-state index contributed by atoms with van der Waals surface area (Å²) >= 11 is 0. The standard InChI is InChI=1S/C25H32N6O5/c1-2-26-24(32)19-6-7-20-23(28-19)31(17-9-11-30(20)16-17)25(33)29-21-15-18(8-10-27-21)34-13-14-36-22-5-3-4-12-35-22/h6-8,10,15,17,22H,2-5,9,11-14,16H2,1H3,(H,26,32)(H,27,29,33). The summed E-state index contributed by atoms with van der Waals surface area (Å²) in [6, 6.07) is 6.60. The molecule has 36 heavy (non-hydrogen) atoms. The van der Waals surface area contributed by atoms with Crippen LogP contribution in [0.2, 0.25) is 0 Å². The average molecular weight is 497 g/mol. The molecule has 5 heterocycles. The van der Waals surface area contributed by atoms with Crippen molar-refractivity contribution in [1.82, 2.24) is 15.3 Å². The van der Waals surface area contributed by atoms with E-state index in [1.165, 1.54) is 0 Å². The summed E-state index contributed by atoms with van der Waals surface area (Å²) < 4.78 is 17.0. The molecule has 11 nitrogen and oxygen atoms in total. The van der Waals surface area contributed by atoms with Crippen molar-refractivity contribution in [3.05, 3.63) is 36.2 Å². The van der Waals surface area contributed by atoms with Gasteiger partial charge in [0, 0.05) is 38.5 Å². The molecule has 0 aromatic carbocycles. The Hall–Kier alpha value is -3.44. The molecule has 192 valence electrons. The van der Waals surface area contributed by atoms with E-state index in [1.54, 1.807) is 29.3 Å². The van der Waals surface area contributed by atoms with Crippen molar-refractivity contribution in [2.75, 3.05) is 54.6 Å². The van der Waals surface area contributed by atoms with E-state index in [4.69, 9.17) is 14.2 Å². The SMILES string of the molecule is CCNC(=O)c1ccc2c(n1)N(C(=O)Nc1cc(OCCOC3CCCCO3)ccn1)C1CCN2C1. The molecule has 2 saturated heterocycles. The van der Waals surface area contributed by atoms with Gasteiger partial charge in [-0.3, -0.25) is 15.0 Å². The number of rotatable bonds is 8. The molecule has 0 spiro atoms. The summed E-state index contributed by atoms with van der Waals surface area (Å²) in [6.45, 7) is 5.43. The minimum Gasteiger partial charge on any atom is -0.491 e. The maximum atomic E-state index is 13.4. The predicted molar refractivity (Wildman–Crippen MR) is 134 cm³/mol. The fourth-order valence-corrected chi connectivity index (χ4v) is 4.77. The van der Waals surface area contributed by atoms with Crippen LogP contribution in [0.25, 0.3) is 0 Å². The van der Waals surface area contributed by atoms with Crippen LogP contribution < -0.4 is 25.2 Å². The average Bonchev–Trinajstić information content (AvgIpc) is 3.31. The molecule has 5 rings (SSSR count). The van der Waals surface area contributed by atoms with Crippen LogP contribution in [0.15, 0.2) is 30.5 Å². The summed E-state index contributed by atoms with van der Waals surface area (Å²) in [6.07, 6.45) is 5.35. The van der Waals surface area contributed by atoms with Gasteiger partial charge < -0.3 is 24.4 Å². The van der Waals surface area contributed by atoms with Gasteiger partial charge in [-0.05, 0) is 50.8 Å². The number of fused-ring (bicyclic) bond motifs is 4. The number of ether oxygens (including phenoxy) is 3. The van der Waals surface area contributed by atoms with Crippen LogP contribution in [0.4, 0.5) is 22.1 Å². The van der Waals surface area contributed by atoms with Gasteiger partial charge >= 0.3 is 6.03 Å². The lowest BCUT2D eigenvalue weighted by atomic mass is 10.1. The number of urea groups is 1. The molecular weight excluding hydrogens is 464 g/mol. The van der Waals surface area contributed by atoms with Gasteiger partial charge in [0.1, 0.15) is 23.9 Å². The largest absolute Gasteiger partial charge is 0.491 e. The van der Waals surface area contributed by atoms with Crippen LogP contribution in [-0.4, -0.2) is 73.7 Å². The third-order valence-corrected chi connectivity index (χ3v) is 6.50. The first-order valence-corrected chi connectivity index (χ1v) is 12.6. The number of aromatic nitrogens is 2. The monoisotopic (exact) mass is 496 g/mol. The van der Waals surface area contributed by atoms with Crippen LogP contribution in [0.5, 0.6) is 5.75 Å². The van der Waals surface area contributed by atoms with Crippen LogP contribution in [0.1, 0.15) is 43.1 Å². The number of hydrogen-bond donors (Lipinski definition) is 2. The molecular formula is C25H32N6O5. The number of hydrogen-bond acceptors (Lipinski definition) is 8. The lowest BCUT2D eigenvalue weighted by molar-refractivity contribution is -0.165. The number of nitrogens with one attached hydrogen (secondary N) is 2. The van der Waals surface area contributed by atoms with Crippen molar-refractivity contribution < 1.29 is 23.8 Å². The van der Waals surface area contributed by atoms with E-state index in [0.717, 1.165) is 51.1 Å². The van der Waals surface area contributed by atoms with Crippen molar-refractivity contribution in [2.45, 2.75) is 44.9 Å². The molecule has 0 radical (unpaired) electrons. The van der Waals surface area contributed by atoms with E-state index in [9.17, 15) is 9.59 Å². The second-order valence-electron chi connectivity index (χ2n) is 8.98. The quantitative estimate of drug-likeness (QED) is 0.536. The summed E-state index contributed by atoms with van der Waals surface area (Å²) in [5.74, 6) is 1.17. The van der Waals surface area contributed by atoms with E-state index in [2.05, 4.69) is 25.5 Å². The minimum atomic E-state index is -0.342. The summed E-state index contributed by atoms with van der Waals surface area (Å²) in [5.41, 5.74) is 1.13. The molecule has 2 N–H and O–H groups in total. The first-order chi connectivity index (χ1) is 17.6. The van der Waals surface area contributed by atoms with Gasteiger partial charge in [0.2, 0.25) is 0 Å². The van der Waals surface area contributed by atoms with Crippen LogP contribution in [0.3, 0.4) is 0 Å². The first-order valence-electron chi connectivity index (χ1n) is 12.6. The van der Waals surface area contributed by atoms with Crippen LogP contribution in [-0.2, 0) is 9.47 Å². The smallest absolute Gasteiger partial charge is 0.329 e. The number of carbonyl (C=O) groups excluding carboxylic acids is 2. The number of nitrogens with zero attached hydrogens (tertiary/aromatic N) is 4. The maximum Gasteiger partial charge on any atom is 0.329 e. The molecule has 3 amide bonds. The summed E-state index contributed by atoms with van der Waals surface area (Å²) in [7, 11) is 0. The number of amides is 3. The zero-order chi connectivity index (χ0) is 24.9. The second-order valence-corrected chi connectivity index (χ2v) is 8.98. The van der Waals surface area contributed by atoms with Crippen LogP contribution >= 0.6 is 0 Å². The Morgan fingerprint density at radius 1 is 1.19 bits per heavy atom. The third kappa shape index (κ3) is 5.36. The van der Waals surface area contributed by atoms with E-state index in [0.29, 0.717) is 37.1 Å². The number of pyridine rings is 2. The summed E-state index contributed by atoms with van der Waals surface area (Å²) in [4.78, 5) is 38.5. The normalized spacial score (nSPS) is 20.6. The van der Waals surface area contributed by atoms with Crippen LogP contribution in [0, 0.1) is 0 Å². The van der Waals surface area contributed by atoms with Crippen molar-refractivity contribution in [1.29, 1.82) is 0 Å². The predicted octanol–water partition coefficient (Wildman–Crippen LogP) is 2.78. The molecule has 2 bridgehead atoms. The molecule has 2 aromatic rings.